The molecule has 0 saturated carbocycles. The lowest BCUT2D eigenvalue weighted by atomic mass is 10.2. The molecule has 0 radical (unpaired) electrons. The van der Waals surface area contributed by atoms with Crippen molar-refractivity contribution in [2.75, 3.05) is 6.54 Å². The molecule has 4 heteroatoms. The van der Waals surface area contributed by atoms with Gasteiger partial charge in [0, 0.05) is 6.54 Å². The van der Waals surface area contributed by atoms with Gasteiger partial charge in [-0.1, -0.05) is 0 Å². The highest BCUT2D eigenvalue weighted by molar-refractivity contribution is 5.85. The average molecular weight is 130 g/mol. The van der Waals surface area contributed by atoms with Crippen molar-refractivity contribution in [1.82, 2.24) is 5.32 Å². The van der Waals surface area contributed by atoms with Crippen molar-refractivity contribution in [3.05, 3.63) is 0 Å². The van der Waals surface area contributed by atoms with Crippen molar-refractivity contribution < 1.29 is 8.78 Å². The highest BCUT2D eigenvalue weighted by Crippen LogP contribution is 2.07. The van der Waals surface area contributed by atoms with E-state index in [1.54, 1.807) is 0 Å². The van der Waals surface area contributed by atoms with Crippen molar-refractivity contribution in [3.8, 4) is 0 Å². The van der Waals surface area contributed by atoms with Crippen LogP contribution in [0, 0.1) is 0 Å². The standard InChI is InChI=1S/C3H5F2N.ClH/c4-2-1-6-3(2)5;/h2-3,6H,1H2;1H. The van der Waals surface area contributed by atoms with Crippen molar-refractivity contribution in [2.24, 2.45) is 0 Å². The summed E-state index contributed by atoms with van der Waals surface area (Å²) >= 11 is 0. The molecule has 2 unspecified atom stereocenters. The van der Waals surface area contributed by atoms with Crippen LogP contribution in [0.5, 0.6) is 0 Å². The van der Waals surface area contributed by atoms with Crippen LogP contribution < -0.4 is 5.32 Å². The zero-order chi connectivity index (χ0) is 4.57. The van der Waals surface area contributed by atoms with Gasteiger partial charge in [0.2, 0.25) is 0 Å². The van der Waals surface area contributed by atoms with Gasteiger partial charge in [0.05, 0.1) is 0 Å². The molecule has 1 N–H and O–H groups in total. The number of nitrogens with one attached hydrogen (secondary N) is 1. The van der Waals surface area contributed by atoms with E-state index in [1.165, 1.54) is 0 Å². The Labute approximate surface area is 46.5 Å². The Hall–Kier alpha value is 0.110. The van der Waals surface area contributed by atoms with Gasteiger partial charge in [0.15, 0.2) is 12.5 Å². The van der Waals surface area contributed by atoms with Gasteiger partial charge in [0.25, 0.3) is 0 Å². The van der Waals surface area contributed by atoms with Crippen LogP contribution in [-0.4, -0.2) is 19.0 Å². The molecule has 0 aromatic rings. The molecule has 2 atom stereocenters. The van der Waals surface area contributed by atoms with Crippen LogP contribution in [0.15, 0.2) is 0 Å². The lowest BCUT2D eigenvalue weighted by molar-refractivity contribution is 0.0568. The molecule has 44 valence electrons. The Bertz CT molecular complexity index is 52.9. The van der Waals surface area contributed by atoms with Gasteiger partial charge in [-0.3, -0.25) is 5.32 Å². The summed E-state index contributed by atoms with van der Waals surface area (Å²) in [5, 5.41) is 2.22. The van der Waals surface area contributed by atoms with E-state index in [0.29, 0.717) is 0 Å². The first-order chi connectivity index (χ1) is 2.80. The van der Waals surface area contributed by atoms with E-state index >= 15 is 0 Å². The Morgan fingerprint density at radius 1 is 1.43 bits per heavy atom. The summed E-state index contributed by atoms with van der Waals surface area (Å²) in [7, 11) is 0. The van der Waals surface area contributed by atoms with E-state index in [0.717, 1.165) is 0 Å². The van der Waals surface area contributed by atoms with Gasteiger partial charge in [-0.15, -0.1) is 12.4 Å². The number of halogens is 3. The van der Waals surface area contributed by atoms with Crippen molar-refractivity contribution in [3.63, 3.8) is 0 Å². The molecule has 1 heterocycles. The van der Waals surface area contributed by atoms with Crippen LogP contribution in [0.25, 0.3) is 0 Å². The van der Waals surface area contributed by atoms with Crippen LogP contribution in [0.2, 0.25) is 0 Å². The Kier molecular flexibility index (Phi) is 2.46. The second kappa shape index (κ2) is 2.43. The molecule has 1 aliphatic heterocycles. The third-order valence-electron chi connectivity index (χ3n) is 0.825. The molecule has 7 heavy (non-hydrogen) atoms. The quantitative estimate of drug-likeness (QED) is 0.474. The zero-order valence-electron chi connectivity index (χ0n) is 3.53. The van der Waals surface area contributed by atoms with Crippen LogP contribution in [0.1, 0.15) is 0 Å². The highest BCUT2D eigenvalue weighted by Gasteiger charge is 2.28. The Morgan fingerprint density at radius 3 is 1.86 bits per heavy atom. The fraction of sp³-hybridized carbons (Fsp3) is 1.00. The summed E-state index contributed by atoms with van der Waals surface area (Å²) in [5.41, 5.74) is 0. The van der Waals surface area contributed by atoms with E-state index < -0.39 is 12.5 Å². The predicted octanol–water partition coefficient (Wildman–Crippen LogP) is 0.645. The molecule has 1 fully saturated rings. The maximum atomic E-state index is 11.5. The van der Waals surface area contributed by atoms with Crippen molar-refractivity contribution >= 4 is 12.4 Å². The van der Waals surface area contributed by atoms with Gasteiger partial charge < -0.3 is 0 Å². The lowest BCUT2D eigenvalue weighted by Gasteiger charge is -2.23. The number of hydrogen-bond acceptors (Lipinski definition) is 1. The molecule has 1 nitrogen and oxygen atoms in total. The van der Waals surface area contributed by atoms with Crippen LogP contribution in [0.3, 0.4) is 0 Å². The first-order valence-corrected chi connectivity index (χ1v) is 1.82. The normalized spacial score (nSPS) is 38.6. The summed E-state index contributed by atoms with van der Waals surface area (Å²) in [4.78, 5) is 0. The van der Waals surface area contributed by atoms with E-state index in [4.69, 9.17) is 0 Å². The van der Waals surface area contributed by atoms with Crippen LogP contribution in [-0.2, 0) is 0 Å². The summed E-state index contributed by atoms with van der Waals surface area (Å²) in [6, 6.07) is 0. The third kappa shape index (κ3) is 1.24. The number of alkyl halides is 2. The largest absolute Gasteiger partial charge is 0.282 e. The zero-order valence-corrected chi connectivity index (χ0v) is 4.34. The fourth-order valence-electron chi connectivity index (χ4n) is 0.296. The Balaban J connectivity index is 0.000000360. The molecule has 0 bridgehead atoms. The molecule has 1 rings (SSSR count). The van der Waals surface area contributed by atoms with E-state index in [2.05, 4.69) is 5.32 Å². The molecule has 0 aliphatic carbocycles. The minimum absolute atomic E-state index is 0. The predicted molar refractivity (Wildman–Crippen MR) is 25.0 cm³/mol. The monoisotopic (exact) mass is 129 g/mol. The molecule has 0 aromatic carbocycles. The van der Waals surface area contributed by atoms with Gasteiger partial charge in [-0.25, -0.2) is 8.78 Å². The number of hydrogen-bond donors (Lipinski definition) is 1. The van der Waals surface area contributed by atoms with E-state index in [-0.39, 0.29) is 19.0 Å². The molecule has 0 spiro atoms. The maximum Gasteiger partial charge on any atom is 0.183 e. The van der Waals surface area contributed by atoms with E-state index in [1.807, 2.05) is 0 Å². The first-order valence-electron chi connectivity index (χ1n) is 1.82. The van der Waals surface area contributed by atoms with Crippen molar-refractivity contribution in [1.29, 1.82) is 0 Å². The summed E-state index contributed by atoms with van der Waals surface area (Å²) < 4.78 is 22.9. The minimum Gasteiger partial charge on any atom is -0.282 e. The van der Waals surface area contributed by atoms with E-state index in [9.17, 15) is 8.78 Å². The number of rotatable bonds is 0. The molecule has 0 amide bonds. The van der Waals surface area contributed by atoms with Crippen molar-refractivity contribution in [2.45, 2.75) is 12.5 Å². The second-order valence-corrected chi connectivity index (χ2v) is 1.33. The molecular weight excluding hydrogens is 123 g/mol. The molecule has 1 saturated heterocycles. The van der Waals surface area contributed by atoms with Gasteiger partial charge in [-0.05, 0) is 0 Å². The fourth-order valence-corrected chi connectivity index (χ4v) is 0.296. The Morgan fingerprint density at radius 2 is 1.86 bits per heavy atom. The molecular formula is C3H6ClF2N. The van der Waals surface area contributed by atoms with Gasteiger partial charge in [0.1, 0.15) is 0 Å². The summed E-state index contributed by atoms with van der Waals surface area (Å²) in [6.45, 7) is 0.182. The molecule has 1 aliphatic rings. The molecule has 0 aromatic heterocycles. The van der Waals surface area contributed by atoms with Crippen LogP contribution in [0.4, 0.5) is 8.78 Å². The SMILES string of the molecule is Cl.FC1CNC1F. The topological polar surface area (TPSA) is 12.0 Å². The maximum absolute atomic E-state index is 11.5. The van der Waals surface area contributed by atoms with Gasteiger partial charge in [-0.2, -0.15) is 0 Å². The van der Waals surface area contributed by atoms with Gasteiger partial charge >= 0.3 is 0 Å². The highest BCUT2D eigenvalue weighted by atomic mass is 35.5. The average Bonchev–Trinajstić information content (AvgIpc) is 1.61. The summed E-state index contributed by atoms with van der Waals surface area (Å²) in [5.74, 6) is 0. The first kappa shape index (κ1) is 7.11. The smallest absolute Gasteiger partial charge is 0.183 e. The lowest BCUT2D eigenvalue weighted by Crippen LogP contribution is -2.51. The third-order valence-corrected chi connectivity index (χ3v) is 0.825. The summed E-state index contributed by atoms with van der Waals surface area (Å²) in [6.07, 6.45) is -2.63. The minimum atomic E-state index is -1.38. The van der Waals surface area contributed by atoms with Crippen LogP contribution >= 0.6 is 12.4 Å². The second-order valence-electron chi connectivity index (χ2n) is 1.33.